The summed E-state index contributed by atoms with van der Waals surface area (Å²) in [5, 5.41) is 10.2. The topological polar surface area (TPSA) is 49.9 Å². The van der Waals surface area contributed by atoms with Gasteiger partial charge in [0.15, 0.2) is 5.69 Å². The zero-order chi connectivity index (χ0) is 10.1. The molecule has 0 aliphatic carbocycles. The molecule has 1 rings (SSSR count). The van der Waals surface area contributed by atoms with Gasteiger partial charge in [-0.3, -0.25) is 0 Å². The summed E-state index contributed by atoms with van der Waals surface area (Å²) in [5.41, 5.74) is -2.38. The highest BCUT2D eigenvalue weighted by Gasteiger charge is 2.36. The maximum absolute atomic E-state index is 12.1. The van der Waals surface area contributed by atoms with Crippen LogP contribution in [0.4, 0.5) is 13.2 Å². The summed E-state index contributed by atoms with van der Waals surface area (Å²) >= 11 is 0. The first-order chi connectivity index (χ1) is 5.93. The number of alkyl halides is 3. The van der Waals surface area contributed by atoms with Gasteiger partial charge in [0.1, 0.15) is 0 Å². The molecule has 6 heteroatoms. The van der Waals surface area contributed by atoms with Crippen LogP contribution in [0.15, 0.2) is 18.3 Å². The van der Waals surface area contributed by atoms with Gasteiger partial charge >= 0.3 is 12.1 Å². The third-order valence-electron chi connectivity index (χ3n) is 1.31. The van der Waals surface area contributed by atoms with Crippen LogP contribution in [-0.2, 0) is 11.3 Å². The maximum atomic E-state index is 12.1. The Hall–Kier alpha value is -1.59. The van der Waals surface area contributed by atoms with Gasteiger partial charge < -0.3 is 0 Å². The normalized spacial score (nSPS) is 11.3. The van der Waals surface area contributed by atoms with Crippen molar-refractivity contribution in [1.29, 1.82) is 0 Å². The van der Waals surface area contributed by atoms with E-state index in [1.54, 1.807) is 0 Å². The van der Waals surface area contributed by atoms with E-state index >= 15 is 0 Å². The fourth-order valence-electron chi connectivity index (χ4n) is 0.797. The van der Waals surface area contributed by atoms with Gasteiger partial charge in [-0.25, -0.2) is 14.9 Å². The van der Waals surface area contributed by atoms with Crippen LogP contribution in [0.2, 0.25) is 0 Å². The summed E-state index contributed by atoms with van der Waals surface area (Å²) in [4.78, 5) is 13.3. The highest BCUT2D eigenvalue weighted by Crippen LogP contribution is 2.30. The minimum atomic E-state index is -4.72. The highest BCUT2D eigenvalue weighted by molar-refractivity contribution is 5.86. The highest BCUT2D eigenvalue weighted by atomic mass is 19.4. The molecule has 0 fully saturated rings. The quantitative estimate of drug-likeness (QED) is 0.676. The molecule has 0 unspecified atom stereocenters. The number of nitrogens with zero attached hydrogens (tertiary/aromatic N) is 1. The average Bonchev–Trinajstić information content (AvgIpc) is 2.03. The molecule has 0 N–H and O–H groups in total. The SMILES string of the molecule is [O]C(=O)c1ncccc1C(F)(F)F. The molecule has 13 heavy (non-hydrogen) atoms. The third-order valence-corrected chi connectivity index (χ3v) is 1.31. The van der Waals surface area contributed by atoms with Crippen LogP contribution < -0.4 is 0 Å². The molecule has 1 heterocycles. The van der Waals surface area contributed by atoms with Crippen LogP contribution >= 0.6 is 0 Å². The largest absolute Gasteiger partial charge is 0.418 e. The lowest BCUT2D eigenvalue weighted by atomic mass is 10.2. The van der Waals surface area contributed by atoms with Gasteiger partial charge in [-0.15, -0.1) is 0 Å². The van der Waals surface area contributed by atoms with E-state index in [0.717, 1.165) is 12.3 Å². The first-order valence-electron chi connectivity index (χ1n) is 3.16. The number of hydrogen-bond acceptors (Lipinski definition) is 2. The molecule has 3 nitrogen and oxygen atoms in total. The third kappa shape index (κ3) is 1.95. The van der Waals surface area contributed by atoms with Gasteiger partial charge in [-0.2, -0.15) is 13.2 Å². The van der Waals surface area contributed by atoms with Crippen molar-refractivity contribution in [3.8, 4) is 0 Å². The summed E-state index contributed by atoms with van der Waals surface area (Å²) < 4.78 is 36.2. The van der Waals surface area contributed by atoms with E-state index in [9.17, 15) is 23.1 Å². The van der Waals surface area contributed by atoms with Crippen LogP contribution in [0.25, 0.3) is 0 Å². The van der Waals surface area contributed by atoms with E-state index in [-0.39, 0.29) is 0 Å². The summed E-state index contributed by atoms with van der Waals surface area (Å²) in [6, 6.07) is 1.65. The molecule has 0 aliphatic rings. The van der Waals surface area contributed by atoms with E-state index in [0.29, 0.717) is 6.07 Å². The van der Waals surface area contributed by atoms with Crippen LogP contribution in [0.3, 0.4) is 0 Å². The molecule has 0 saturated heterocycles. The molecular weight excluding hydrogens is 187 g/mol. The molecular formula is C7H3F3NO2. The van der Waals surface area contributed by atoms with Gasteiger partial charge in [-0.1, -0.05) is 0 Å². The predicted molar refractivity (Wildman–Crippen MR) is 34.3 cm³/mol. The number of aromatic nitrogens is 1. The second kappa shape index (κ2) is 3.04. The fourth-order valence-corrected chi connectivity index (χ4v) is 0.797. The Morgan fingerprint density at radius 1 is 1.38 bits per heavy atom. The number of rotatable bonds is 1. The summed E-state index contributed by atoms with van der Waals surface area (Å²) in [5.74, 6) is -1.94. The van der Waals surface area contributed by atoms with Crippen molar-refractivity contribution < 1.29 is 23.1 Å². The Morgan fingerprint density at radius 2 is 2.00 bits per heavy atom. The first kappa shape index (κ1) is 9.50. The Morgan fingerprint density at radius 3 is 2.38 bits per heavy atom. The van der Waals surface area contributed by atoms with E-state index in [1.165, 1.54) is 0 Å². The Labute approximate surface area is 70.8 Å². The minimum Gasteiger partial charge on any atom is -0.249 e. The Kier molecular flexibility index (Phi) is 2.22. The Bertz CT molecular complexity index is 335. The van der Waals surface area contributed by atoms with Crippen molar-refractivity contribution in [2.75, 3.05) is 0 Å². The summed E-state index contributed by atoms with van der Waals surface area (Å²) in [6.45, 7) is 0. The molecule has 0 saturated carbocycles. The molecule has 0 amide bonds. The van der Waals surface area contributed by atoms with E-state index in [2.05, 4.69) is 4.98 Å². The van der Waals surface area contributed by atoms with Gasteiger partial charge in [0, 0.05) is 6.20 Å². The molecule has 0 atom stereocenters. The smallest absolute Gasteiger partial charge is 0.249 e. The van der Waals surface area contributed by atoms with Crippen molar-refractivity contribution in [2.24, 2.45) is 0 Å². The van der Waals surface area contributed by atoms with Crippen molar-refractivity contribution >= 4 is 5.97 Å². The predicted octanol–water partition coefficient (Wildman–Crippen LogP) is 1.67. The second-order valence-corrected chi connectivity index (χ2v) is 2.18. The average molecular weight is 190 g/mol. The molecule has 0 aliphatic heterocycles. The van der Waals surface area contributed by atoms with Gasteiger partial charge in [0.2, 0.25) is 0 Å². The number of halogens is 3. The van der Waals surface area contributed by atoms with Crippen LogP contribution in [-0.4, -0.2) is 11.0 Å². The molecule has 0 bridgehead atoms. The van der Waals surface area contributed by atoms with Gasteiger partial charge in [0.25, 0.3) is 0 Å². The number of hydrogen-bond donors (Lipinski definition) is 0. The van der Waals surface area contributed by atoms with Gasteiger partial charge in [-0.05, 0) is 12.1 Å². The van der Waals surface area contributed by atoms with E-state index in [4.69, 9.17) is 0 Å². The molecule has 1 radical (unpaired) electrons. The second-order valence-electron chi connectivity index (χ2n) is 2.18. The zero-order valence-electron chi connectivity index (χ0n) is 6.13. The van der Waals surface area contributed by atoms with Gasteiger partial charge in [0.05, 0.1) is 5.56 Å². The van der Waals surface area contributed by atoms with E-state index < -0.39 is 23.4 Å². The van der Waals surface area contributed by atoms with Crippen molar-refractivity contribution in [1.82, 2.24) is 4.98 Å². The number of pyridine rings is 1. The van der Waals surface area contributed by atoms with Crippen molar-refractivity contribution in [3.63, 3.8) is 0 Å². The molecule has 69 valence electrons. The monoisotopic (exact) mass is 190 g/mol. The lowest BCUT2D eigenvalue weighted by Crippen LogP contribution is -2.13. The minimum absolute atomic E-state index is 0.637. The Balaban J connectivity index is 3.28. The van der Waals surface area contributed by atoms with Crippen LogP contribution in [0, 0.1) is 0 Å². The van der Waals surface area contributed by atoms with Crippen LogP contribution in [0.5, 0.6) is 0 Å². The first-order valence-corrected chi connectivity index (χ1v) is 3.16. The lowest BCUT2D eigenvalue weighted by molar-refractivity contribution is -0.138. The molecule has 0 aromatic carbocycles. The van der Waals surface area contributed by atoms with E-state index in [1.807, 2.05) is 0 Å². The van der Waals surface area contributed by atoms with Crippen molar-refractivity contribution in [2.45, 2.75) is 6.18 Å². The molecule has 1 aromatic rings. The maximum Gasteiger partial charge on any atom is 0.418 e. The lowest BCUT2D eigenvalue weighted by Gasteiger charge is -2.07. The standard InChI is InChI=1S/C7H3F3NO2/c8-7(9,10)4-2-1-3-11-5(4)6(12)13/h1-3H. The molecule has 0 spiro atoms. The number of carbonyl (C=O) groups excluding carboxylic acids is 1. The van der Waals surface area contributed by atoms with Crippen molar-refractivity contribution in [3.05, 3.63) is 29.6 Å². The summed E-state index contributed by atoms with van der Waals surface area (Å²) in [7, 11) is 0. The summed E-state index contributed by atoms with van der Waals surface area (Å²) in [6.07, 6.45) is -3.76. The zero-order valence-corrected chi connectivity index (χ0v) is 6.13. The number of carbonyl (C=O) groups is 1. The van der Waals surface area contributed by atoms with Crippen LogP contribution in [0.1, 0.15) is 16.1 Å². The molecule has 1 aromatic heterocycles. The fraction of sp³-hybridized carbons (Fsp3) is 0.143.